The summed E-state index contributed by atoms with van der Waals surface area (Å²) in [5.41, 5.74) is -0.397. The first-order valence-corrected chi connectivity index (χ1v) is 4.13. The molecule has 1 aliphatic heterocycles. The van der Waals surface area contributed by atoms with Crippen LogP contribution in [0.15, 0.2) is 12.1 Å². The zero-order valence-electron chi connectivity index (χ0n) is 7.51. The molecule has 1 aromatic rings. The highest BCUT2D eigenvalue weighted by atomic mass is 16.7. The van der Waals surface area contributed by atoms with Crippen molar-refractivity contribution < 1.29 is 29.4 Å². The second kappa shape index (κ2) is 3.45. The minimum atomic E-state index is -1.91. The second-order valence-electron chi connectivity index (χ2n) is 2.94. The number of aromatic carboxylic acids is 1. The number of benzene rings is 1. The van der Waals surface area contributed by atoms with Gasteiger partial charge in [-0.25, -0.2) is 4.79 Å². The molecule has 1 aromatic carbocycles. The minimum absolute atomic E-state index is 0.0574. The molecule has 78 valence electrons. The first-order chi connectivity index (χ1) is 7.11. The maximum atomic E-state index is 10.8. The van der Waals surface area contributed by atoms with Gasteiger partial charge >= 0.3 is 13.1 Å². The van der Waals surface area contributed by atoms with Gasteiger partial charge in [-0.2, -0.15) is 0 Å². The molecule has 0 unspecified atom stereocenters. The van der Waals surface area contributed by atoms with E-state index in [1.165, 1.54) is 12.1 Å². The fraction of sp³-hybridized carbons (Fsp3) is 0.125. The molecule has 6 nitrogen and oxygen atoms in total. The van der Waals surface area contributed by atoms with Crippen LogP contribution in [0.3, 0.4) is 0 Å². The van der Waals surface area contributed by atoms with E-state index < -0.39 is 13.1 Å². The van der Waals surface area contributed by atoms with Crippen LogP contribution < -0.4 is 14.9 Å². The minimum Gasteiger partial charge on any atom is -0.478 e. The van der Waals surface area contributed by atoms with Gasteiger partial charge in [0.15, 0.2) is 11.5 Å². The summed E-state index contributed by atoms with van der Waals surface area (Å²) < 4.78 is 9.96. The Hall–Kier alpha value is -1.73. The molecule has 1 heterocycles. The molecular weight excluding hydrogens is 203 g/mol. The summed E-state index contributed by atoms with van der Waals surface area (Å²) in [5, 5.41) is 27.0. The maximum absolute atomic E-state index is 10.8. The van der Waals surface area contributed by atoms with Crippen molar-refractivity contribution in [2.75, 3.05) is 6.79 Å². The van der Waals surface area contributed by atoms with Gasteiger partial charge in [0.1, 0.15) is 0 Å². The molecule has 0 atom stereocenters. The molecule has 0 fully saturated rings. The van der Waals surface area contributed by atoms with Crippen LogP contribution in [0.25, 0.3) is 0 Å². The Morgan fingerprint density at radius 1 is 1.33 bits per heavy atom. The third kappa shape index (κ3) is 1.51. The van der Waals surface area contributed by atoms with E-state index in [-0.39, 0.29) is 23.6 Å². The highest BCUT2D eigenvalue weighted by molar-refractivity contribution is 6.61. The van der Waals surface area contributed by atoms with Crippen LogP contribution in [0.4, 0.5) is 0 Å². The van der Waals surface area contributed by atoms with E-state index in [0.29, 0.717) is 5.75 Å². The summed E-state index contributed by atoms with van der Waals surface area (Å²) in [5.74, 6) is -0.871. The number of carboxylic acid groups (broad SMARTS) is 1. The van der Waals surface area contributed by atoms with Crippen molar-refractivity contribution in [3.05, 3.63) is 17.7 Å². The van der Waals surface area contributed by atoms with Crippen molar-refractivity contribution in [2.45, 2.75) is 0 Å². The zero-order chi connectivity index (χ0) is 11.0. The van der Waals surface area contributed by atoms with E-state index in [0.717, 1.165) is 0 Å². The van der Waals surface area contributed by atoms with Gasteiger partial charge in [-0.15, -0.1) is 0 Å². The summed E-state index contributed by atoms with van der Waals surface area (Å²) in [6.07, 6.45) is 0. The molecular formula is C8H7BO6. The van der Waals surface area contributed by atoms with E-state index in [1.807, 2.05) is 0 Å². The quantitative estimate of drug-likeness (QED) is 0.530. The lowest BCUT2D eigenvalue weighted by Gasteiger charge is -2.07. The van der Waals surface area contributed by atoms with Gasteiger partial charge < -0.3 is 24.6 Å². The van der Waals surface area contributed by atoms with E-state index in [9.17, 15) is 4.79 Å². The van der Waals surface area contributed by atoms with Crippen molar-refractivity contribution in [1.82, 2.24) is 0 Å². The summed E-state index contributed by atoms with van der Waals surface area (Å²) in [7, 11) is -1.91. The summed E-state index contributed by atoms with van der Waals surface area (Å²) in [4.78, 5) is 10.8. The molecule has 3 N–H and O–H groups in total. The van der Waals surface area contributed by atoms with Gasteiger partial charge in [0.05, 0.1) is 5.56 Å². The monoisotopic (exact) mass is 210 g/mol. The molecule has 0 aromatic heterocycles. The third-order valence-electron chi connectivity index (χ3n) is 2.07. The second-order valence-corrected chi connectivity index (χ2v) is 2.94. The lowest BCUT2D eigenvalue weighted by Crippen LogP contribution is -2.35. The predicted octanol–water partition coefficient (Wildman–Crippen LogP) is -1.21. The van der Waals surface area contributed by atoms with Crippen molar-refractivity contribution in [2.24, 2.45) is 0 Å². The number of carboxylic acids is 1. The van der Waals surface area contributed by atoms with Gasteiger partial charge in [-0.1, -0.05) is 0 Å². The Morgan fingerprint density at radius 3 is 2.67 bits per heavy atom. The first kappa shape index (κ1) is 9.82. The zero-order valence-corrected chi connectivity index (χ0v) is 7.51. The SMILES string of the molecule is O=C(O)c1ccc2c(c1B(O)O)OCO2. The van der Waals surface area contributed by atoms with Crippen molar-refractivity contribution in [3.63, 3.8) is 0 Å². The number of rotatable bonds is 2. The number of ether oxygens (including phenoxy) is 2. The van der Waals surface area contributed by atoms with E-state index >= 15 is 0 Å². The molecule has 15 heavy (non-hydrogen) atoms. The molecule has 0 bridgehead atoms. The van der Waals surface area contributed by atoms with Crippen LogP contribution in [0, 0.1) is 0 Å². The van der Waals surface area contributed by atoms with Gasteiger partial charge in [-0.3, -0.25) is 0 Å². The highest BCUT2D eigenvalue weighted by Gasteiger charge is 2.30. The summed E-state index contributed by atoms with van der Waals surface area (Å²) in [6, 6.07) is 2.66. The van der Waals surface area contributed by atoms with Crippen molar-refractivity contribution >= 4 is 18.6 Å². The molecule has 0 saturated heterocycles. The molecule has 0 amide bonds. The number of fused-ring (bicyclic) bond motifs is 1. The Balaban J connectivity index is 2.63. The van der Waals surface area contributed by atoms with E-state index in [2.05, 4.69) is 0 Å². The molecule has 2 rings (SSSR count). The topological polar surface area (TPSA) is 96.2 Å². The number of hydrogen-bond acceptors (Lipinski definition) is 5. The summed E-state index contributed by atoms with van der Waals surface area (Å²) in [6.45, 7) is -0.0574. The Morgan fingerprint density at radius 2 is 2.07 bits per heavy atom. The van der Waals surface area contributed by atoms with Gasteiger partial charge in [0, 0.05) is 5.46 Å². The molecule has 0 aliphatic carbocycles. The standard InChI is InChI=1S/C8H7BO6/c10-8(11)4-1-2-5-7(15-3-14-5)6(4)9(12)13/h1-2,12-13H,3H2,(H,10,11). The molecule has 0 spiro atoms. The molecule has 0 saturated carbocycles. The van der Waals surface area contributed by atoms with Crippen LogP contribution in [0.5, 0.6) is 11.5 Å². The van der Waals surface area contributed by atoms with Gasteiger partial charge in [0.2, 0.25) is 6.79 Å². The maximum Gasteiger partial charge on any atom is 0.493 e. The number of carbonyl (C=O) groups is 1. The number of hydrogen-bond donors (Lipinski definition) is 3. The smallest absolute Gasteiger partial charge is 0.478 e. The molecule has 7 heteroatoms. The van der Waals surface area contributed by atoms with Gasteiger partial charge in [0.25, 0.3) is 0 Å². The Labute approximate surface area is 84.8 Å². The summed E-state index contributed by atoms with van der Waals surface area (Å²) >= 11 is 0. The first-order valence-electron chi connectivity index (χ1n) is 4.13. The lowest BCUT2D eigenvalue weighted by atomic mass is 9.76. The normalized spacial score (nSPS) is 12.7. The predicted molar refractivity (Wildman–Crippen MR) is 49.3 cm³/mol. The molecule has 0 radical (unpaired) electrons. The van der Waals surface area contributed by atoms with Crippen LogP contribution in [0.1, 0.15) is 10.4 Å². The lowest BCUT2D eigenvalue weighted by molar-refractivity contribution is 0.0697. The largest absolute Gasteiger partial charge is 0.493 e. The fourth-order valence-electron chi connectivity index (χ4n) is 1.44. The van der Waals surface area contributed by atoms with Crippen LogP contribution in [-0.2, 0) is 0 Å². The van der Waals surface area contributed by atoms with E-state index in [1.54, 1.807) is 0 Å². The Bertz CT molecular complexity index is 416. The highest BCUT2D eigenvalue weighted by Crippen LogP contribution is 2.31. The fourth-order valence-corrected chi connectivity index (χ4v) is 1.44. The molecule has 1 aliphatic rings. The average molecular weight is 210 g/mol. The van der Waals surface area contributed by atoms with E-state index in [4.69, 9.17) is 24.6 Å². The average Bonchev–Trinajstić information content (AvgIpc) is 2.62. The van der Waals surface area contributed by atoms with Crippen LogP contribution in [0.2, 0.25) is 0 Å². The Kier molecular flexibility index (Phi) is 2.26. The van der Waals surface area contributed by atoms with Gasteiger partial charge in [-0.05, 0) is 12.1 Å². The third-order valence-corrected chi connectivity index (χ3v) is 2.07. The van der Waals surface area contributed by atoms with Crippen molar-refractivity contribution in [1.29, 1.82) is 0 Å². The van der Waals surface area contributed by atoms with Crippen LogP contribution in [-0.4, -0.2) is 35.0 Å². The van der Waals surface area contributed by atoms with Crippen LogP contribution >= 0.6 is 0 Å². The van der Waals surface area contributed by atoms with Crippen molar-refractivity contribution in [3.8, 4) is 11.5 Å².